The van der Waals surface area contributed by atoms with E-state index in [-0.39, 0.29) is 17.5 Å². The van der Waals surface area contributed by atoms with Crippen LogP contribution < -0.4 is 4.90 Å². The molecule has 0 saturated carbocycles. The first-order chi connectivity index (χ1) is 13.0. The molecule has 0 bridgehead atoms. The van der Waals surface area contributed by atoms with E-state index in [0.717, 1.165) is 64.1 Å². The number of likely N-dealkylation sites (tertiary alicyclic amines) is 1. The SMILES string of the molecule is CCC1(CC)C[C@@H](CCN2CC3CN(c4ccccc4O)CC3C2)OC1=O. The summed E-state index contributed by atoms with van der Waals surface area (Å²) in [5.74, 6) is 1.74. The first-order valence-electron chi connectivity index (χ1n) is 10.5. The molecular formula is C22H32N2O3. The van der Waals surface area contributed by atoms with Crippen molar-refractivity contribution in [1.29, 1.82) is 0 Å². The predicted octanol–water partition coefficient (Wildman–Crippen LogP) is 3.27. The van der Waals surface area contributed by atoms with Crippen molar-refractivity contribution in [2.45, 2.75) is 45.6 Å². The maximum absolute atomic E-state index is 12.3. The van der Waals surface area contributed by atoms with E-state index in [0.29, 0.717) is 17.6 Å². The number of fused-ring (bicyclic) bond motifs is 1. The van der Waals surface area contributed by atoms with Gasteiger partial charge in [-0.15, -0.1) is 0 Å². The smallest absolute Gasteiger partial charge is 0.312 e. The Labute approximate surface area is 162 Å². The number of rotatable bonds is 6. The second kappa shape index (κ2) is 7.34. The van der Waals surface area contributed by atoms with Gasteiger partial charge in [0.1, 0.15) is 11.9 Å². The molecule has 5 heteroatoms. The maximum atomic E-state index is 12.3. The van der Waals surface area contributed by atoms with Gasteiger partial charge >= 0.3 is 5.97 Å². The van der Waals surface area contributed by atoms with E-state index >= 15 is 0 Å². The van der Waals surface area contributed by atoms with Gasteiger partial charge < -0.3 is 19.6 Å². The highest BCUT2D eigenvalue weighted by atomic mass is 16.6. The first kappa shape index (κ1) is 18.6. The van der Waals surface area contributed by atoms with Crippen molar-refractivity contribution in [3.8, 4) is 5.75 Å². The van der Waals surface area contributed by atoms with Crippen LogP contribution in [0.2, 0.25) is 0 Å². The fourth-order valence-electron chi connectivity index (χ4n) is 5.35. The Morgan fingerprint density at radius 2 is 1.78 bits per heavy atom. The molecule has 1 aromatic rings. The van der Waals surface area contributed by atoms with Gasteiger partial charge in [-0.3, -0.25) is 4.79 Å². The van der Waals surface area contributed by atoms with Crippen molar-refractivity contribution < 1.29 is 14.6 Å². The van der Waals surface area contributed by atoms with Gasteiger partial charge in [-0.1, -0.05) is 26.0 Å². The zero-order chi connectivity index (χ0) is 19.0. The molecule has 5 nitrogen and oxygen atoms in total. The van der Waals surface area contributed by atoms with Gasteiger partial charge in [-0.2, -0.15) is 0 Å². The third-order valence-electron chi connectivity index (χ3n) is 7.23. The van der Waals surface area contributed by atoms with Crippen molar-refractivity contribution in [2.24, 2.45) is 17.3 Å². The molecule has 0 aromatic heterocycles. The summed E-state index contributed by atoms with van der Waals surface area (Å²) in [7, 11) is 0. The third kappa shape index (κ3) is 3.42. The summed E-state index contributed by atoms with van der Waals surface area (Å²) in [6.45, 7) is 9.49. The van der Waals surface area contributed by atoms with Gasteiger partial charge in [-0.05, 0) is 43.2 Å². The minimum atomic E-state index is -0.232. The molecule has 3 saturated heterocycles. The van der Waals surface area contributed by atoms with Crippen LogP contribution in [0.15, 0.2) is 24.3 Å². The van der Waals surface area contributed by atoms with E-state index in [1.807, 2.05) is 18.2 Å². The molecule has 3 aliphatic heterocycles. The molecule has 0 aliphatic carbocycles. The van der Waals surface area contributed by atoms with Crippen molar-refractivity contribution in [3.63, 3.8) is 0 Å². The highest BCUT2D eigenvalue weighted by Gasteiger charge is 2.46. The number of cyclic esters (lactones) is 1. The van der Waals surface area contributed by atoms with Crippen molar-refractivity contribution in [3.05, 3.63) is 24.3 Å². The molecule has 2 unspecified atom stereocenters. The Bertz CT molecular complexity index is 674. The molecule has 4 rings (SSSR count). The lowest BCUT2D eigenvalue weighted by molar-refractivity contribution is -0.149. The Morgan fingerprint density at radius 3 is 2.37 bits per heavy atom. The van der Waals surface area contributed by atoms with Crippen LogP contribution in [0.3, 0.4) is 0 Å². The van der Waals surface area contributed by atoms with Crippen LogP contribution in [0.1, 0.15) is 39.5 Å². The topological polar surface area (TPSA) is 53.0 Å². The number of anilines is 1. The summed E-state index contributed by atoms with van der Waals surface area (Å²) in [4.78, 5) is 17.1. The second-order valence-corrected chi connectivity index (χ2v) is 8.68. The van der Waals surface area contributed by atoms with Gasteiger partial charge in [0.2, 0.25) is 0 Å². The van der Waals surface area contributed by atoms with Crippen LogP contribution in [-0.4, -0.2) is 54.8 Å². The van der Waals surface area contributed by atoms with Crippen molar-refractivity contribution in [2.75, 3.05) is 37.6 Å². The lowest BCUT2D eigenvalue weighted by Crippen LogP contribution is -2.31. The number of phenols is 1. The normalized spacial score (nSPS) is 29.9. The predicted molar refractivity (Wildman–Crippen MR) is 106 cm³/mol. The average molecular weight is 373 g/mol. The number of hydrogen-bond acceptors (Lipinski definition) is 5. The van der Waals surface area contributed by atoms with Crippen LogP contribution in [0, 0.1) is 17.3 Å². The highest BCUT2D eigenvalue weighted by molar-refractivity contribution is 5.78. The number of benzene rings is 1. The van der Waals surface area contributed by atoms with Crippen LogP contribution >= 0.6 is 0 Å². The molecule has 0 radical (unpaired) electrons. The van der Waals surface area contributed by atoms with Gasteiger partial charge in [0.25, 0.3) is 0 Å². The fraction of sp³-hybridized carbons (Fsp3) is 0.682. The third-order valence-corrected chi connectivity index (χ3v) is 7.23. The van der Waals surface area contributed by atoms with E-state index in [4.69, 9.17) is 4.74 Å². The molecule has 148 valence electrons. The van der Waals surface area contributed by atoms with Gasteiger partial charge in [0, 0.05) is 39.1 Å². The summed E-state index contributed by atoms with van der Waals surface area (Å²) in [5, 5.41) is 10.1. The maximum Gasteiger partial charge on any atom is 0.312 e. The number of phenolic OH excluding ortho intramolecular Hbond substituents is 1. The fourth-order valence-corrected chi connectivity index (χ4v) is 5.35. The molecule has 0 amide bonds. The summed E-state index contributed by atoms with van der Waals surface area (Å²) in [6, 6.07) is 7.64. The van der Waals surface area contributed by atoms with Crippen molar-refractivity contribution in [1.82, 2.24) is 4.90 Å². The first-order valence-corrected chi connectivity index (χ1v) is 10.5. The van der Waals surface area contributed by atoms with Crippen molar-refractivity contribution >= 4 is 11.7 Å². The van der Waals surface area contributed by atoms with E-state index in [9.17, 15) is 9.90 Å². The van der Waals surface area contributed by atoms with Gasteiger partial charge in [0.05, 0.1) is 11.1 Å². The number of carbonyl (C=O) groups excluding carboxylic acids is 1. The standard InChI is InChI=1S/C22H32N2O3/c1-3-22(4-2)11-18(27-21(22)26)9-10-23-12-16-14-24(15-17(16)13-23)19-7-5-6-8-20(19)25/h5-8,16-18,25H,3-4,9-15H2,1-2H3/t16?,17?,18-/m1/s1. The summed E-state index contributed by atoms with van der Waals surface area (Å²) in [6.07, 6.45) is 3.70. The molecule has 1 N–H and O–H groups in total. The largest absolute Gasteiger partial charge is 0.506 e. The van der Waals surface area contributed by atoms with Crippen LogP contribution in [-0.2, 0) is 9.53 Å². The Hall–Kier alpha value is -1.75. The zero-order valence-electron chi connectivity index (χ0n) is 16.6. The summed E-state index contributed by atoms with van der Waals surface area (Å²) < 4.78 is 5.70. The molecule has 27 heavy (non-hydrogen) atoms. The number of para-hydroxylation sites is 2. The van der Waals surface area contributed by atoms with Crippen LogP contribution in [0.4, 0.5) is 5.69 Å². The lowest BCUT2D eigenvalue weighted by atomic mass is 9.79. The van der Waals surface area contributed by atoms with E-state index in [1.54, 1.807) is 6.07 Å². The summed E-state index contributed by atoms with van der Waals surface area (Å²) >= 11 is 0. The molecular weight excluding hydrogens is 340 g/mol. The molecule has 1 aromatic carbocycles. The molecule has 3 heterocycles. The monoisotopic (exact) mass is 372 g/mol. The number of hydrogen-bond donors (Lipinski definition) is 1. The zero-order valence-corrected chi connectivity index (χ0v) is 16.6. The van der Waals surface area contributed by atoms with E-state index in [1.165, 1.54) is 0 Å². The molecule has 3 aliphatic rings. The quantitative estimate of drug-likeness (QED) is 0.777. The number of esters is 1. The molecule has 0 spiro atoms. The number of carbonyl (C=O) groups is 1. The summed E-state index contributed by atoms with van der Waals surface area (Å²) in [5.41, 5.74) is 0.733. The Kier molecular flexibility index (Phi) is 5.06. The Balaban J connectivity index is 1.27. The number of ether oxygens (including phenoxy) is 1. The minimum Gasteiger partial charge on any atom is -0.506 e. The van der Waals surface area contributed by atoms with Crippen LogP contribution in [0.25, 0.3) is 0 Å². The minimum absolute atomic E-state index is 0.0223. The Morgan fingerprint density at radius 1 is 1.11 bits per heavy atom. The highest BCUT2D eigenvalue weighted by Crippen LogP contribution is 2.42. The van der Waals surface area contributed by atoms with Crippen LogP contribution in [0.5, 0.6) is 5.75 Å². The molecule has 3 atom stereocenters. The van der Waals surface area contributed by atoms with Gasteiger partial charge in [0.15, 0.2) is 0 Å². The lowest BCUT2D eigenvalue weighted by Gasteiger charge is -2.24. The second-order valence-electron chi connectivity index (χ2n) is 8.68. The number of aromatic hydroxyl groups is 1. The van der Waals surface area contributed by atoms with Gasteiger partial charge in [-0.25, -0.2) is 0 Å². The average Bonchev–Trinajstić information content (AvgIpc) is 3.31. The molecule has 3 fully saturated rings. The van der Waals surface area contributed by atoms with E-state index in [2.05, 4.69) is 23.6 Å². The van der Waals surface area contributed by atoms with E-state index < -0.39 is 0 Å². The number of nitrogens with zero attached hydrogens (tertiary/aromatic N) is 2.